The number of carboxylic acid groups (broad SMARTS) is 1. The summed E-state index contributed by atoms with van der Waals surface area (Å²) in [6, 6.07) is 9.67. The van der Waals surface area contributed by atoms with Crippen LogP contribution in [0.25, 0.3) is 0 Å². The zero-order valence-electron chi connectivity index (χ0n) is 12.2. The van der Waals surface area contributed by atoms with Crippen molar-refractivity contribution >= 4 is 11.9 Å². The highest BCUT2D eigenvalue weighted by Gasteiger charge is 2.67. The molecule has 0 aromatic heterocycles. The standard InChI is InChI=1S/C17H17NO4/c1-10(11-5-3-2-4-6-11)18-9-17-8-7-12(22-17)13(16(20)21)14(17)15(18)19/h2-8,10,12-14H,9H2,1H3,(H,20,21)/t10-,12+,13+,14-,17-/m1/s1. The second-order valence-corrected chi connectivity index (χ2v) is 6.29. The molecular formula is C17H17NO4. The first-order valence-corrected chi connectivity index (χ1v) is 7.49. The predicted octanol–water partition coefficient (Wildman–Crippen LogP) is 1.61. The lowest BCUT2D eigenvalue weighted by Crippen LogP contribution is -2.39. The molecule has 5 nitrogen and oxygen atoms in total. The molecule has 114 valence electrons. The summed E-state index contributed by atoms with van der Waals surface area (Å²) in [7, 11) is 0. The fraction of sp³-hybridized carbons (Fsp3) is 0.412. The Balaban J connectivity index is 1.68. The SMILES string of the molecule is C[C@H](c1ccccc1)N1C[C@@]23C=C[C@H](O2)[C@H](C(=O)O)[C@@H]3C1=O. The minimum atomic E-state index is -0.955. The number of likely N-dealkylation sites (tertiary alicyclic amines) is 1. The van der Waals surface area contributed by atoms with Crippen LogP contribution in [0.4, 0.5) is 0 Å². The van der Waals surface area contributed by atoms with Crippen LogP contribution in [0.3, 0.4) is 0 Å². The highest BCUT2D eigenvalue weighted by molar-refractivity contribution is 5.91. The van der Waals surface area contributed by atoms with Gasteiger partial charge in [0.1, 0.15) is 11.5 Å². The summed E-state index contributed by atoms with van der Waals surface area (Å²) in [5.41, 5.74) is 0.283. The average molecular weight is 299 g/mol. The van der Waals surface area contributed by atoms with Crippen molar-refractivity contribution in [3.63, 3.8) is 0 Å². The highest BCUT2D eigenvalue weighted by atomic mass is 16.5. The number of carbonyl (C=O) groups is 2. The smallest absolute Gasteiger partial charge is 0.310 e. The number of benzene rings is 1. The first kappa shape index (κ1) is 13.5. The van der Waals surface area contributed by atoms with E-state index in [1.807, 2.05) is 43.3 Å². The number of ether oxygens (including phenoxy) is 1. The molecule has 4 rings (SSSR count). The minimum Gasteiger partial charge on any atom is -0.481 e. The Hall–Kier alpha value is -2.14. The molecule has 0 unspecified atom stereocenters. The summed E-state index contributed by atoms with van der Waals surface area (Å²) >= 11 is 0. The van der Waals surface area contributed by atoms with Crippen molar-refractivity contribution in [1.29, 1.82) is 0 Å². The van der Waals surface area contributed by atoms with Gasteiger partial charge in [0.15, 0.2) is 0 Å². The van der Waals surface area contributed by atoms with E-state index in [4.69, 9.17) is 4.74 Å². The zero-order chi connectivity index (χ0) is 15.5. The Morgan fingerprint density at radius 2 is 2.14 bits per heavy atom. The predicted molar refractivity (Wildman–Crippen MR) is 77.9 cm³/mol. The maximum atomic E-state index is 12.8. The lowest BCUT2D eigenvalue weighted by Gasteiger charge is -2.27. The van der Waals surface area contributed by atoms with Crippen LogP contribution < -0.4 is 0 Å². The van der Waals surface area contributed by atoms with Gasteiger partial charge < -0.3 is 14.7 Å². The molecule has 0 radical (unpaired) electrons. The van der Waals surface area contributed by atoms with Crippen LogP contribution in [0.1, 0.15) is 18.5 Å². The molecule has 1 aromatic rings. The summed E-state index contributed by atoms with van der Waals surface area (Å²) in [6.45, 7) is 2.39. The lowest BCUT2D eigenvalue weighted by molar-refractivity contribution is -0.148. The van der Waals surface area contributed by atoms with Crippen molar-refractivity contribution in [2.75, 3.05) is 6.54 Å². The number of rotatable bonds is 3. The van der Waals surface area contributed by atoms with Crippen LogP contribution in [-0.4, -0.2) is 40.1 Å². The van der Waals surface area contributed by atoms with Crippen LogP contribution in [-0.2, 0) is 14.3 Å². The summed E-state index contributed by atoms with van der Waals surface area (Å²) in [5.74, 6) is -2.45. The molecule has 3 aliphatic rings. The van der Waals surface area contributed by atoms with Gasteiger partial charge in [0.25, 0.3) is 0 Å². The molecule has 22 heavy (non-hydrogen) atoms. The number of carbonyl (C=O) groups excluding carboxylic acids is 1. The molecule has 5 heteroatoms. The Morgan fingerprint density at radius 1 is 1.41 bits per heavy atom. The summed E-state index contributed by atoms with van der Waals surface area (Å²) in [6.07, 6.45) is 3.21. The quantitative estimate of drug-likeness (QED) is 0.861. The Morgan fingerprint density at radius 3 is 2.82 bits per heavy atom. The van der Waals surface area contributed by atoms with Crippen molar-refractivity contribution in [2.24, 2.45) is 11.8 Å². The zero-order valence-corrected chi connectivity index (χ0v) is 12.2. The molecule has 0 aliphatic carbocycles. The third-order valence-corrected chi connectivity index (χ3v) is 5.16. The van der Waals surface area contributed by atoms with Gasteiger partial charge in [-0.05, 0) is 12.5 Å². The molecule has 2 saturated heterocycles. The highest BCUT2D eigenvalue weighted by Crippen LogP contribution is 2.53. The molecular weight excluding hydrogens is 282 g/mol. The molecule has 2 bridgehead atoms. The Kier molecular flexibility index (Phi) is 2.72. The third kappa shape index (κ3) is 1.63. The number of hydrogen-bond donors (Lipinski definition) is 1. The summed E-state index contributed by atoms with van der Waals surface area (Å²) in [4.78, 5) is 26.1. The van der Waals surface area contributed by atoms with E-state index in [1.165, 1.54) is 0 Å². The van der Waals surface area contributed by atoms with Crippen molar-refractivity contribution in [1.82, 2.24) is 4.90 Å². The van der Waals surface area contributed by atoms with Crippen molar-refractivity contribution in [3.05, 3.63) is 48.0 Å². The van der Waals surface area contributed by atoms with Crippen molar-refractivity contribution in [2.45, 2.75) is 24.7 Å². The summed E-state index contributed by atoms with van der Waals surface area (Å²) in [5, 5.41) is 9.45. The van der Waals surface area contributed by atoms with Crippen LogP contribution in [0.5, 0.6) is 0 Å². The van der Waals surface area contributed by atoms with Gasteiger partial charge in [0.2, 0.25) is 5.91 Å². The first-order chi connectivity index (χ1) is 10.5. The maximum absolute atomic E-state index is 12.8. The summed E-state index contributed by atoms with van der Waals surface area (Å²) < 4.78 is 5.89. The maximum Gasteiger partial charge on any atom is 0.310 e. The lowest BCUT2D eigenvalue weighted by atomic mass is 9.77. The van der Waals surface area contributed by atoms with Gasteiger partial charge >= 0.3 is 5.97 Å². The fourth-order valence-electron chi connectivity index (χ4n) is 4.05. The first-order valence-electron chi connectivity index (χ1n) is 7.49. The molecule has 3 aliphatic heterocycles. The average Bonchev–Trinajstić information content (AvgIpc) is 3.15. The van der Waals surface area contributed by atoms with Gasteiger partial charge in [-0.25, -0.2) is 0 Å². The third-order valence-electron chi connectivity index (χ3n) is 5.16. The molecule has 1 N–H and O–H groups in total. The van der Waals surface area contributed by atoms with Gasteiger partial charge in [-0.2, -0.15) is 0 Å². The second-order valence-electron chi connectivity index (χ2n) is 6.29. The van der Waals surface area contributed by atoms with Gasteiger partial charge in [-0.3, -0.25) is 9.59 Å². The number of aliphatic carboxylic acids is 1. The van der Waals surface area contributed by atoms with Gasteiger partial charge in [-0.1, -0.05) is 42.5 Å². The van der Waals surface area contributed by atoms with E-state index in [2.05, 4.69) is 0 Å². The van der Waals surface area contributed by atoms with Crippen molar-refractivity contribution in [3.8, 4) is 0 Å². The molecule has 1 spiro atoms. The fourth-order valence-corrected chi connectivity index (χ4v) is 4.05. The normalized spacial score (nSPS) is 36.7. The van der Waals surface area contributed by atoms with E-state index in [0.717, 1.165) is 5.56 Å². The minimum absolute atomic E-state index is 0.0980. The molecule has 2 fully saturated rings. The molecule has 3 heterocycles. The topological polar surface area (TPSA) is 66.8 Å². The van der Waals surface area contributed by atoms with E-state index in [1.54, 1.807) is 11.0 Å². The molecule has 1 amide bonds. The van der Waals surface area contributed by atoms with Crippen LogP contribution in [0.2, 0.25) is 0 Å². The van der Waals surface area contributed by atoms with Gasteiger partial charge in [-0.15, -0.1) is 0 Å². The Bertz CT molecular complexity index is 670. The monoisotopic (exact) mass is 299 g/mol. The molecule has 5 atom stereocenters. The van der Waals surface area contributed by atoms with Crippen LogP contribution >= 0.6 is 0 Å². The van der Waals surface area contributed by atoms with Crippen molar-refractivity contribution < 1.29 is 19.4 Å². The molecule has 0 saturated carbocycles. The van der Waals surface area contributed by atoms with Gasteiger partial charge in [0, 0.05) is 0 Å². The number of carboxylic acids is 1. The second kappa shape index (κ2) is 4.43. The number of amides is 1. The number of hydrogen-bond acceptors (Lipinski definition) is 3. The van der Waals surface area contributed by atoms with E-state index >= 15 is 0 Å². The van der Waals surface area contributed by atoms with E-state index in [0.29, 0.717) is 6.54 Å². The van der Waals surface area contributed by atoms with Crippen LogP contribution in [0.15, 0.2) is 42.5 Å². The Labute approximate surface area is 128 Å². The van der Waals surface area contributed by atoms with E-state index in [9.17, 15) is 14.7 Å². The van der Waals surface area contributed by atoms with Gasteiger partial charge in [0.05, 0.1) is 24.6 Å². The van der Waals surface area contributed by atoms with E-state index in [-0.39, 0.29) is 11.9 Å². The number of fused-ring (bicyclic) bond motifs is 1. The molecule has 1 aromatic carbocycles. The largest absolute Gasteiger partial charge is 0.481 e. The van der Waals surface area contributed by atoms with Crippen LogP contribution in [0, 0.1) is 11.8 Å². The number of nitrogens with zero attached hydrogens (tertiary/aromatic N) is 1. The van der Waals surface area contributed by atoms with E-state index < -0.39 is 29.5 Å².